The molecule has 0 radical (unpaired) electrons. The van der Waals surface area contributed by atoms with Crippen LogP contribution in [0.1, 0.15) is 61.1 Å². The lowest BCUT2D eigenvalue weighted by Crippen LogP contribution is -2.38. The monoisotopic (exact) mass is 311 g/mol. The van der Waals surface area contributed by atoms with Gasteiger partial charge >= 0.3 is 0 Å². The zero-order chi connectivity index (χ0) is 16.4. The van der Waals surface area contributed by atoms with Crippen molar-refractivity contribution < 1.29 is 4.79 Å². The molecular formula is C19H25N3O. The molecule has 1 aromatic heterocycles. The fourth-order valence-corrected chi connectivity index (χ4v) is 3.56. The van der Waals surface area contributed by atoms with Gasteiger partial charge in [0, 0.05) is 31.2 Å². The average molecular weight is 311 g/mol. The number of benzene rings is 1. The predicted molar refractivity (Wildman–Crippen MR) is 91.5 cm³/mol. The maximum atomic E-state index is 12.8. The highest BCUT2D eigenvalue weighted by atomic mass is 16.2. The Balaban J connectivity index is 1.78. The van der Waals surface area contributed by atoms with Crippen LogP contribution in [-0.4, -0.2) is 33.7 Å². The molecule has 1 amide bonds. The normalized spacial score (nSPS) is 20.9. The number of aromatic nitrogens is 2. The first-order valence-corrected chi connectivity index (χ1v) is 8.45. The topological polar surface area (TPSA) is 38.1 Å². The van der Waals surface area contributed by atoms with Crippen LogP contribution < -0.4 is 0 Å². The van der Waals surface area contributed by atoms with Crippen molar-refractivity contribution in [3.8, 4) is 0 Å². The maximum absolute atomic E-state index is 12.8. The van der Waals surface area contributed by atoms with Gasteiger partial charge in [0.05, 0.1) is 0 Å². The third-order valence-corrected chi connectivity index (χ3v) is 4.88. The van der Waals surface area contributed by atoms with Crippen LogP contribution in [0.25, 0.3) is 0 Å². The van der Waals surface area contributed by atoms with Crippen LogP contribution in [0, 0.1) is 0 Å². The Morgan fingerprint density at radius 1 is 1.22 bits per heavy atom. The second kappa shape index (κ2) is 6.57. The summed E-state index contributed by atoms with van der Waals surface area (Å²) in [7, 11) is 1.92. The summed E-state index contributed by atoms with van der Waals surface area (Å²) in [5.41, 5.74) is 1.88. The molecule has 0 spiro atoms. The SMILES string of the molecule is CC(C)n1ccc(C(=O)N(C)C2CCCC2c2ccccc2)n1. The molecular weight excluding hydrogens is 286 g/mol. The van der Waals surface area contributed by atoms with E-state index >= 15 is 0 Å². The first-order valence-electron chi connectivity index (χ1n) is 8.45. The van der Waals surface area contributed by atoms with E-state index < -0.39 is 0 Å². The minimum atomic E-state index is 0.0252. The molecule has 1 aliphatic rings. The van der Waals surface area contributed by atoms with E-state index in [0.717, 1.165) is 12.8 Å². The second-order valence-electron chi connectivity index (χ2n) is 6.71. The molecule has 3 rings (SSSR count). The molecule has 122 valence electrons. The predicted octanol–water partition coefficient (Wildman–Crippen LogP) is 3.87. The van der Waals surface area contributed by atoms with Crippen LogP contribution in [0.15, 0.2) is 42.6 Å². The smallest absolute Gasteiger partial charge is 0.274 e. The largest absolute Gasteiger partial charge is 0.337 e. The molecule has 1 heterocycles. The summed E-state index contributed by atoms with van der Waals surface area (Å²) in [4.78, 5) is 14.7. The Labute approximate surface area is 138 Å². The van der Waals surface area contributed by atoms with Crippen LogP contribution in [0.2, 0.25) is 0 Å². The molecule has 1 aromatic carbocycles. The van der Waals surface area contributed by atoms with Crippen LogP contribution in [0.4, 0.5) is 0 Å². The first-order chi connectivity index (χ1) is 11.1. The Morgan fingerprint density at radius 3 is 2.61 bits per heavy atom. The van der Waals surface area contributed by atoms with E-state index in [9.17, 15) is 4.79 Å². The standard InChI is InChI=1S/C19H25N3O/c1-14(2)22-13-12-17(20-22)19(23)21(3)18-11-7-10-16(18)15-8-5-4-6-9-15/h4-6,8-9,12-14,16,18H,7,10-11H2,1-3H3. The molecule has 0 saturated heterocycles. The summed E-state index contributed by atoms with van der Waals surface area (Å²) in [6.45, 7) is 4.13. The van der Waals surface area contributed by atoms with Gasteiger partial charge in [0.25, 0.3) is 5.91 Å². The molecule has 23 heavy (non-hydrogen) atoms. The summed E-state index contributed by atoms with van der Waals surface area (Å²) >= 11 is 0. The van der Waals surface area contributed by atoms with Gasteiger partial charge in [0.2, 0.25) is 0 Å². The third kappa shape index (κ3) is 3.16. The second-order valence-corrected chi connectivity index (χ2v) is 6.71. The zero-order valence-electron chi connectivity index (χ0n) is 14.1. The molecule has 1 aliphatic carbocycles. The summed E-state index contributed by atoms with van der Waals surface area (Å²) < 4.78 is 1.84. The number of hydrogen-bond donors (Lipinski definition) is 0. The molecule has 4 heteroatoms. The minimum Gasteiger partial charge on any atom is -0.337 e. The molecule has 0 aliphatic heterocycles. The van der Waals surface area contributed by atoms with Gasteiger partial charge in [-0.05, 0) is 38.3 Å². The van der Waals surface area contributed by atoms with E-state index in [2.05, 4.69) is 43.2 Å². The molecule has 0 bridgehead atoms. The van der Waals surface area contributed by atoms with Gasteiger partial charge in [-0.3, -0.25) is 9.48 Å². The van der Waals surface area contributed by atoms with Gasteiger partial charge in [-0.1, -0.05) is 36.8 Å². The molecule has 1 saturated carbocycles. The van der Waals surface area contributed by atoms with Crippen molar-refractivity contribution in [3.05, 3.63) is 53.9 Å². The fraction of sp³-hybridized carbons (Fsp3) is 0.474. The molecule has 1 fully saturated rings. The first kappa shape index (κ1) is 15.8. The van der Waals surface area contributed by atoms with E-state index in [4.69, 9.17) is 0 Å². The van der Waals surface area contributed by atoms with Gasteiger partial charge in [-0.25, -0.2) is 0 Å². The zero-order valence-corrected chi connectivity index (χ0v) is 14.1. The van der Waals surface area contributed by atoms with E-state index in [1.165, 1.54) is 12.0 Å². The number of nitrogens with zero attached hydrogens (tertiary/aromatic N) is 3. The van der Waals surface area contributed by atoms with E-state index in [1.54, 1.807) is 0 Å². The lowest BCUT2D eigenvalue weighted by molar-refractivity contribution is 0.0715. The molecule has 4 nitrogen and oxygen atoms in total. The Hall–Kier alpha value is -2.10. The van der Waals surface area contributed by atoms with E-state index in [-0.39, 0.29) is 18.0 Å². The van der Waals surface area contributed by atoms with Gasteiger partial charge in [-0.15, -0.1) is 0 Å². The number of carbonyl (C=O) groups excluding carboxylic acids is 1. The molecule has 0 N–H and O–H groups in total. The highest BCUT2D eigenvalue weighted by Gasteiger charge is 2.34. The minimum absolute atomic E-state index is 0.0252. The van der Waals surface area contributed by atoms with Gasteiger partial charge < -0.3 is 4.90 Å². The Morgan fingerprint density at radius 2 is 1.96 bits per heavy atom. The Bertz CT molecular complexity index is 662. The van der Waals surface area contributed by atoms with Crippen molar-refractivity contribution in [3.63, 3.8) is 0 Å². The van der Waals surface area contributed by atoms with Crippen molar-refractivity contribution in [2.24, 2.45) is 0 Å². The number of carbonyl (C=O) groups is 1. The average Bonchev–Trinajstić information content (AvgIpc) is 3.23. The lowest BCUT2D eigenvalue weighted by Gasteiger charge is -2.29. The molecule has 2 aromatic rings. The van der Waals surface area contributed by atoms with Crippen molar-refractivity contribution in [2.45, 2.75) is 51.1 Å². The third-order valence-electron chi connectivity index (χ3n) is 4.88. The van der Waals surface area contributed by atoms with Crippen LogP contribution in [0.5, 0.6) is 0 Å². The molecule has 2 atom stereocenters. The fourth-order valence-electron chi connectivity index (χ4n) is 3.56. The van der Waals surface area contributed by atoms with Crippen LogP contribution in [0.3, 0.4) is 0 Å². The maximum Gasteiger partial charge on any atom is 0.274 e. The van der Waals surface area contributed by atoms with Crippen LogP contribution >= 0.6 is 0 Å². The highest BCUT2D eigenvalue weighted by molar-refractivity contribution is 5.92. The Kier molecular flexibility index (Phi) is 4.51. The summed E-state index contributed by atoms with van der Waals surface area (Å²) in [5, 5.41) is 4.43. The number of likely N-dealkylation sites (N-methyl/N-ethyl adjacent to an activating group) is 1. The van der Waals surface area contributed by atoms with Crippen molar-refractivity contribution in [2.75, 3.05) is 7.05 Å². The van der Waals surface area contributed by atoms with E-state index in [1.807, 2.05) is 35.0 Å². The highest BCUT2D eigenvalue weighted by Crippen LogP contribution is 2.37. The van der Waals surface area contributed by atoms with Gasteiger partial charge in [0.1, 0.15) is 5.69 Å². The quantitative estimate of drug-likeness (QED) is 0.859. The molecule has 2 unspecified atom stereocenters. The van der Waals surface area contributed by atoms with Crippen molar-refractivity contribution in [1.29, 1.82) is 0 Å². The van der Waals surface area contributed by atoms with Crippen molar-refractivity contribution >= 4 is 5.91 Å². The number of amides is 1. The van der Waals surface area contributed by atoms with Gasteiger partial charge in [0.15, 0.2) is 0 Å². The van der Waals surface area contributed by atoms with Gasteiger partial charge in [-0.2, -0.15) is 5.10 Å². The summed E-state index contributed by atoms with van der Waals surface area (Å²) in [6, 6.07) is 12.9. The number of hydrogen-bond acceptors (Lipinski definition) is 2. The lowest BCUT2D eigenvalue weighted by atomic mass is 9.93. The summed E-state index contributed by atoms with van der Waals surface area (Å²) in [5.74, 6) is 0.453. The summed E-state index contributed by atoms with van der Waals surface area (Å²) in [6.07, 6.45) is 5.26. The van der Waals surface area contributed by atoms with Crippen molar-refractivity contribution in [1.82, 2.24) is 14.7 Å². The number of rotatable bonds is 4. The van der Waals surface area contributed by atoms with Crippen LogP contribution in [-0.2, 0) is 0 Å². The van der Waals surface area contributed by atoms with E-state index in [0.29, 0.717) is 11.6 Å².